The highest BCUT2D eigenvalue weighted by molar-refractivity contribution is 6.21. The predicted octanol–water partition coefficient (Wildman–Crippen LogP) is 4.64. The lowest BCUT2D eigenvalue weighted by Crippen LogP contribution is -2.02. The number of hydrogen-bond donors (Lipinski definition) is 0. The van der Waals surface area contributed by atoms with Crippen LogP contribution in [0.4, 0.5) is 13.2 Å². The molecule has 2 aromatic carbocycles. The minimum Gasteiger partial charge on any atom is -0.496 e. The summed E-state index contributed by atoms with van der Waals surface area (Å²) < 4.78 is 45.1. The van der Waals surface area contributed by atoms with Crippen LogP contribution in [-0.2, 0) is 6.42 Å². The Morgan fingerprint density at radius 2 is 1.90 bits per heavy atom. The first-order valence-corrected chi connectivity index (χ1v) is 6.37. The van der Waals surface area contributed by atoms with Crippen molar-refractivity contribution in [3.8, 4) is 5.75 Å². The van der Waals surface area contributed by atoms with E-state index in [-0.39, 0.29) is 12.0 Å². The molecule has 2 rings (SSSR count). The van der Waals surface area contributed by atoms with Gasteiger partial charge in [0, 0.05) is 5.56 Å². The summed E-state index contributed by atoms with van der Waals surface area (Å²) in [6.45, 7) is 0. The van der Waals surface area contributed by atoms with E-state index in [2.05, 4.69) is 0 Å². The molecule has 0 bridgehead atoms. The van der Waals surface area contributed by atoms with Gasteiger partial charge in [-0.1, -0.05) is 12.1 Å². The Morgan fingerprint density at radius 3 is 2.60 bits per heavy atom. The van der Waals surface area contributed by atoms with Crippen molar-refractivity contribution in [2.24, 2.45) is 0 Å². The molecule has 1 nitrogen and oxygen atoms in total. The van der Waals surface area contributed by atoms with Gasteiger partial charge in [-0.25, -0.2) is 13.2 Å². The molecule has 0 aliphatic rings. The fraction of sp³-hybridized carbons (Fsp3) is 0.200. The summed E-state index contributed by atoms with van der Waals surface area (Å²) in [6.07, 6.45) is 0.0327. The van der Waals surface area contributed by atoms with Crippen molar-refractivity contribution in [3.63, 3.8) is 0 Å². The third-order valence-electron chi connectivity index (χ3n) is 2.96. The summed E-state index contributed by atoms with van der Waals surface area (Å²) in [5.74, 6) is -1.93. The molecule has 20 heavy (non-hydrogen) atoms. The third-order valence-corrected chi connectivity index (χ3v) is 3.35. The van der Waals surface area contributed by atoms with Gasteiger partial charge in [0.2, 0.25) is 0 Å². The summed E-state index contributed by atoms with van der Waals surface area (Å²) in [5, 5.41) is -0.725. The molecule has 5 heteroatoms. The van der Waals surface area contributed by atoms with Gasteiger partial charge >= 0.3 is 0 Å². The van der Waals surface area contributed by atoms with E-state index in [1.165, 1.54) is 37.4 Å². The van der Waals surface area contributed by atoms with E-state index >= 15 is 0 Å². The van der Waals surface area contributed by atoms with Crippen LogP contribution in [0.15, 0.2) is 36.4 Å². The average Bonchev–Trinajstić information content (AvgIpc) is 2.43. The van der Waals surface area contributed by atoms with Crippen LogP contribution in [0.25, 0.3) is 0 Å². The lowest BCUT2D eigenvalue weighted by atomic mass is 10.0. The minimum absolute atomic E-state index is 0.0327. The van der Waals surface area contributed by atoms with Gasteiger partial charge in [-0.3, -0.25) is 0 Å². The largest absolute Gasteiger partial charge is 0.496 e. The Labute approximate surface area is 119 Å². The van der Waals surface area contributed by atoms with Gasteiger partial charge in [0.05, 0.1) is 12.5 Å². The highest BCUT2D eigenvalue weighted by Gasteiger charge is 2.18. The summed E-state index contributed by atoms with van der Waals surface area (Å²) in [5.41, 5.74) is 0.536. The van der Waals surface area contributed by atoms with Crippen LogP contribution in [0, 0.1) is 17.5 Å². The van der Waals surface area contributed by atoms with Crippen molar-refractivity contribution in [2.75, 3.05) is 7.11 Å². The molecule has 2 aromatic rings. The molecule has 0 aromatic heterocycles. The number of ether oxygens (including phenoxy) is 1. The first-order valence-electron chi connectivity index (χ1n) is 5.93. The van der Waals surface area contributed by atoms with Crippen molar-refractivity contribution >= 4 is 11.6 Å². The SMILES string of the molecule is COc1ccc(F)cc1C(Cl)Cc1cccc(F)c1F. The van der Waals surface area contributed by atoms with Crippen molar-refractivity contribution in [2.45, 2.75) is 11.8 Å². The van der Waals surface area contributed by atoms with E-state index in [1.807, 2.05) is 0 Å². The zero-order valence-corrected chi connectivity index (χ0v) is 11.4. The molecule has 0 N–H and O–H groups in total. The second-order valence-electron chi connectivity index (χ2n) is 4.27. The first-order chi connectivity index (χ1) is 9.52. The van der Waals surface area contributed by atoms with Crippen LogP contribution in [0.3, 0.4) is 0 Å². The molecule has 0 fully saturated rings. The summed E-state index contributed by atoms with van der Waals surface area (Å²) >= 11 is 6.19. The van der Waals surface area contributed by atoms with E-state index in [1.54, 1.807) is 0 Å². The lowest BCUT2D eigenvalue weighted by Gasteiger charge is -2.14. The fourth-order valence-corrected chi connectivity index (χ4v) is 2.30. The maximum atomic E-state index is 13.6. The van der Waals surface area contributed by atoms with Crippen molar-refractivity contribution in [3.05, 3.63) is 65.0 Å². The van der Waals surface area contributed by atoms with E-state index in [4.69, 9.17) is 16.3 Å². The van der Waals surface area contributed by atoms with E-state index < -0.39 is 22.8 Å². The van der Waals surface area contributed by atoms with Gasteiger partial charge < -0.3 is 4.74 Å². The number of alkyl halides is 1. The molecule has 0 spiro atoms. The summed E-state index contributed by atoms with van der Waals surface area (Å²) in [4.78, 5) is 0. The maximum Gasteiger partial charge on any atom is 0.162 e. The lowest BCUT2D eigenvalue weighted by molar-refractivity contribution is 0.407. The monoisotopic (exact) mass is 300 g/mol. The zero-order valence-electron chi connectivity index (χ0n) is 10.7. The normalized spacial score (nSPS) is 12.2. The van der Waals surface area contributed by atoms with Crippen LogP contribution in [0.2, 0.25) is 0 Å². The average molecular weight is 301 g/mol. The number of methoxy groups -OCH3 is 1. The summed E-state index contributed by atoms with van der Waals surface area (Å²) in [6, 6.07) is 7.80. The number of benzene rings is 2. The highest BCUT2D eigenvalue weighted by Crippen LogP contribution is 2.33. The quantitative estimate of drug-likeness (QED) is 0.748. The topological polar surface area (TPSA) is 9.23 Å². The van der Waals surface area contributed by atoms with Gasteiger partial charge in [0.25, 0.3) is 0 Å². The molecule has 0 aliphatic carbocycles. The minimum atomic E-state index is -0.937. The first kappa shape index (κ1) is 14.7. The Balaban J connectivity index is 2.30. The summed E-state index contributed by atoms with van der Waals surface area (Å²) in [7, 11) is 1.43. The Bertz CT molecular complexity index is 616. The van der Waals surface area contributed by atoms with Crippen LogP contribution in [-0.4, -0.2) is 7.11 Å². The van der Waals surface area contributed by atoms with E-state index in [9.17, 15) is 13.2 Å². The van der Waals surface area contributed by atoms with Crippen LogP contribution < -0.4 is 4.74 Å². The van der Waals surface area contributed by atoms with Crippen LogP contribution in [0.1, 0.15) is 16.5 Å². The number of halogens is 4. The predicted molar refractivity (Wildman–Crippen MR) is 71.6 cm³/mol. The fourth-order valence-electron chi connectivity index (χ4n) is 1.96. The van der Waals surface area contributed by atoms with Crippen molar-refractivity contribution in [1.82, 2.24) is 0 Å². The molecule has 0 heterocycles. The molecule has 106 valence electrons. The molecule has 1 atom stereocenters. The van der Waals surface area contributed by atoms with E-state index in [0.29, 0.717) is 11.3 Å². The smallest absolute Gasteiger partial charge is 0.162 e. The Hall–Kier alpha value is -1.68. The number of rotatable bonds is 4. The molecule has 0 radical (unpaired) electrons. The number of hydrogen-bond acceptors (Lipinski definition) is 1. The van der Waals surface area contributed by atoms with E-state index in [0.717, 1.165) is 6.07 Å². The second kappa shape index (κ2) is 6.18. The zero-order chi connectivity index (χ0) is 14.7. The van der Waals surface area contributed by atoms with Gasteiger partial charge in [-0.2, -0.15) is 0 Å². The van der Waals surface area contributed by atoms with Gasteiger partial charge in [-0.05, 0) is 36.2 Å². The molecule has 0 amide bonds. The van der Waals surface area contributed by atoms with Crippen LogP contribution >= 0.6 is 11.6 Å². The molecule has 0 aliphatic heterocycles. The highest BCUT2D eigenvalue weighted by atomic mass is 35.5. The van der Waals surface area contributed by atoms with Crippen LogP contribution in [0.5, 0.6) is 5.75 Å². The molecule has 1 unspecified atom stereocenters. The molecular weight excluding hydrogens is 289 g/mol. The third kappa shape index (κ3) is 3.07. The molecule has 0 saturated heterocycles. The second-order valence-corrected chi connectivity index (χ2v) is 4.80. The van der Waals surface area contributed by atoms with Gasteiger partial charge in [0.15, 0.2) is 11.6 Å². The van der Waals surface area contributed by atoms with Gasteiger partial charge in [0.1, 0.15) is 11.6 Å². The Morgan fingerprint density at radius 1 is 1.15 bits per heavy atom. The van der Waals surface area contributed by atoms with Crippen molar-refractivity contribution < 1.29 is 17.9 Å². The molecule has 0 saturated carbocycles. The van der Waals surface area contributed by atoms with Gasteiger partial charge in [-0.15, -0.1) is 11.6 Å². The maximum absolute atomic E-state index is 13.6. The van der Waals surface area contributed by atoms with Crippen molar-refractivity contribution in [1.29, 1.82) is 0 Å². The Kier molecular flexibility index (Phi) is 4.55. The molecular formula is C15H12ClF3O. The standard InChI is InChI=1S/C15H12ClF3O/c1-20-14-6-5-10(17)8-11(14)12(16)7-9-3-2-4-13(18)15(9)19/h2-6,8,12H,7H2,1H3.